The fourth-order valence-corrected chi connectivity index (χ4v) is 3.21. The number of nitrogens with zero attached hydrogens (tertiary/aromatic N) is 1. The second-order valence-corrected chi connectivity index (χ2v) is 7.10. The van der Waals surface area contributed by atoms with E-state index >= 15 is 0 Å². The summed E-state index contributed by atoms with van der Waals surface area (Å²) in [6.45, 7) is 9.57. The topological polar surface area (TPSA) is 52.6 Å². The van der Waals surface area contributed by atoms with Gasteiger partial charge in [-0.1, -0.05) is 13.8 Å². The van der Waals surface area contributed by atoms with E-state index in [4.69, 9.17) is 0 Å². The predicted octanol–water partition coefficient (Wildman–Crippen LogP) is 2.73. The van der Waals surface area contributed by atoms with Crippen molar-refractivity contribution in [3.8, 4) is 0 Å². The van der Waals surface area contributed by atoms with Gasteiger partial charge >= 0.3 is 5.97 Å². The van der Waals surface area contributed by atoms with E-state index in [0.29, 0.717) is 12.0 Å². The van der Waals surface area contributed by atoms with Crippen LogP contribution in [0.25, 0.3) is 0 Å². The maximum atomic E-state index is 11.8. The Bertz CT molecular complexity index is 318. The maximum Gasteiger partial charge on any atom is 0.323 e. The van der Waals surface area contributed by atoms with E-state index in [-0.39, 0.29) is 6.04 Å². The van der Waals surface area contributed by atoms with Gasteiger partial charge in [-0.3, -0.25) is 10.1 Å². The average Bonchev–Trinajstić information content (AvgIpc) is 2.35. The van der Waals surface area contributed by atoms with Gasteiger partial charge in [0.25, 0.3) is 0 Å². The van der Waals surface area contributed by atoms with Crippen molar-refractivity contribution in [1.82, 2.24) is 10.2 Å². The lowest BCUT2D eigenvalue weighted by atomic mass is 9.78. The number of carboxylic acid groups (broad SMARTS) is 1. The van der Waals surface area contributed by atoms with Gasteiger partial charge in [0.05, 0.1) is 0 Å². The largest absolute Gasteiger partial charge is 0.480 e. The zero-order valence-corrected chi connectivity index (χ0v) is 13.8. The number of carboxylic acids is 1. The summed E-state index contributed by atoms with van der Waals surface area (Å²) in [7, 11) is 2.14. The monoisotopic (exact) mass is 284 g/mol. The molecule has 1 fully saturated rings. The summed E-state index contributed by atoms with van der Waals surface area (Å²) >= 11 is 0. The van der Waals surface area contributed by atoms with Crippen molar-refractivity contribution in [2.45, 2.75) is 77.4 Å². The second-order valence-electron chi connectivity index (χ2n) is 7.10. The fraction of sp³-hybridized carbons (Fsp3) is 0.938. The third kappa shape index (κ3) is 4.74. The van der Waals surface area contributed by atoms with E-state index in [9.17, 15) is 9.90 Å². The Kier molecular flexibility index (Phi) is 6.46. The molecule has 0 radical (unpaired) electrons. The van der Waals surface area contributed by atoms with Crippen molar-refractivity contribution < 1.29 is 9.90 Å². The highest BCUT2D eigenvalue weighted by molar-refractivity contribution is 5.79. The van der Waals surface area contributed by atoms with E-state index in [1.54, 1.807) is 0 Å². The van der Waals surface area contributed by atoms with E-state index in [0.717, 1.165) is 32.2 Å². The molecule has 0 aromatic carbocycles. The first-order valence-electron chi connectivity index (χ1n) is 7.98. The molecule has 1 saturated carbocycles. The summed E-state index contributed by atoms with van der Waals surface area (Å²) in [5.41, 5.74) is -0.733. The van der Waals surface area contributed by atoms with Gasteiger partial charge < -0.3 is 10.0 Å². The highest BCUT2D eigenvalue weighted by Crippen LogP contribution is 2.32. The molecule has 0 saturated heterocycles. The molecule has 2 N–H and O–H groups in total. The predicted molar refractivity (Wildman–Crippen MR) is 83.0 cm³/mol. The molecule has 1 aliphatic carbocycles. The zero-order valence-electron chi connectivity index (χ0n) is 13.8. The lowest BCUT2D eigenvalue weighted by molar-refractivity contribution is -0.147. The normalized spacial score (nSPS) is 27.5. The Morgan fingerprint density at radius 2 is 2.05 bits per heavy atom. The lowest BCUT2D eigenvalue weighted by Crippen LogP contribution is -2.59. The summed E-state index contributed by atoms with van der Waals surface area (Å²) in [5, 5.41) is 13.0. The average molecular weight is 284 g/mol. The first kappa shape index (κ1) is 17.4. The van der Waals surface area contributed by atoms with Gasteiger partial charge in [-0.25, -0.2) is 0 Å². The minimum absolute atomic E-state index is 0.200. The van der Waals surface area contributed by atoms with Crippen molar-refractivity contribution in [2.75, 3.05) is 13.6 Å². The molecule has 0 heterocycles. The molecule has 0 amide bonds. The number of nitrogens with one attached hydrogen (secondary N) is 1. The van der Waals surface area contributed by atoms with Crippen LogP contribution in [0.1, 0.15) is 59.8 Å². The van der Waals surface area contributed by atoms with Crippen LogP contribution in [0.2, 0.25) is 0 Å². The zero-order chi connectivity index (χ0) is 15.3. The molecule has 0 spiro atoms. The van der Waals surface area contributed by atoms with Crippen LogP contribution in [0.5, 0.6) is 0 Å². The summed E-state index contributed by atoms with van der Waals surface area (Å²) in [4.78, 5) is 14.1. The van der Waals surface area contributed by atoms with Crippen LogP contribution >= 0.6 is 0 Å². The Morgan fingerprint density at radius 1 is 1.40 bits per heavy atom. The summed E-state index contributed by atoms with van der Waals surface area (Å²) in [6.07, 6.45) is 4.74. The molecule has 4 heteroatoms. The Morgan fingerprint density at radius 3 is 2.55 bits per heavy atom. The van der Waals surface area contributed by atoms with Crippen LogP contribution in [-0.2, 0) is 4.79 Å². The first-order chi connectivity index (χ1) is 9.27. The number of carbonyl (C=O) groups is 1. The lowest BCUT2D eigenvalue weighted by Gasteiger charge is -2.42. The maximum absolute atomic E-state index is 11.8. The highest BCUT2D eigenvalue weighted by atomic mass is 16.4. The molecule has 0 aromatic heterocycles. The quantitative estimate of drug-likeness (QED) is 0.755. The highest BCUT2D eigenvalue weighted by Gasteiger charge is 2.43. The molecule has 2 atom stereocenters. The number of hydrogen-bond donors (Lipinski definition) is 2. The molecule has 4 nitrogen and oxygen atoms in total. The van der Waals surface area contributed by atoms with Crippen molar-refractivity contribution >= 4 is 5.97 Å². The van der Waals surface area contributed by atoms with Gasteiger partial charge in [0.2, 0.25) is 0 Å². The van der Waals surface area contributed by atoms with Crippen molar-refractivity contribution in [3.63, 3.8) is 0 Å². The molecule has 0 aliphatic heterocycles. The molecule has 1 aliphatic rings. The summed E-state index contributed by atoms with van der Waals surface area (Å²) < 4.78 is 0. The fourth-order valence-electron chi connectivity index (χ4n) is 3.21. The van der Waals surface area contributed by atoms with E-state index in [1.807, 2.05) is 13.8 Å². The second kappa shape index (κ2) is 7.41. The molecule has 0 bridgehead atoms. The standard InChI is InChI=1S/C16H32N2O2/c1-12(2)8-10-18(5)14-7-6-9-16(11-14,15(19)20)17-13(3)4/h12-14,17H,6-11H2,1-5H3,(H,19,20). The SMILES string of the molecule is CC(C)CCN(C)C1CCCC(NC(C)C)(C(=O)O)C1. The molecule has 1 rings (SSSR count). The molecule has 118 valence electrons. The van der Waals surface area contributed by atoms with Crippen molar-refractivity contribution in [1.29, 1.82) is 0 Å². The van der Waals surface area contributed by atoms with Crippen LogP contribution in [0.4, 0.5) is 0 Å². The summed E-state index contributed by atoms with van der Waals surface area (Å²) in [6, 6.07) is 0.579. The van der Waals surface area contributed by atoms with Crippen LogP contribution < -0.4 is 5.32 Å². The Labute approximate surface area is 123 Å². The van der Waals surface area contributed by atoms with Gasteiger partial charge in [-0.15, -0.1) is 0 Å². The van der Waals surface area contributed by atoms with Gasteiger partial charge in [0.1, 0.15) is 5.54 Å². The van der Waals surface area contributed by atoms with Gasteiger partial charge in [0.15, 0.2) is 0 Å². The van der Waals surface area contributed by atoms with E-state index in [1.165, 1.54) is 6.42 Å². The van der Waals surface area contributed by atoms with Crippen LogP contribution in [0, 0.1) is 5.92 Å². The van der Waals surface area contributed by atoms with E-state index in [2.05, 4.69) is 31.1 Å². The first-order valence-corrected chi connectivity index (χ1v) is 7.98. The van der Waals surface area contributed by atoms with Crippen LogP contribution in [0.15, 0.2) is 0 Å². The van der Waals surface area contributed by atoms with Gasteiger partial charge in [-0.05, 0) is 65.5 Å². The molecule has 2 unspecified atom stereocenters. The summed E-state index contributed by atoms with van der Waals surface area (Å²) in [5.74, 6) is 0.00669. The van der Waals surface area contributed by atoms with Crippen LogP contribution in [0.3, 0.4) is 0 Å². The molecular weight excluding hydrogens is 252 g/mol. The minimum atomic E-state index is -0.733. The van der Waals surface area contributed by atoms with Gasteiger partial charge in [-0.2, -0.15) is 0 Å². The van der Waals surface area contributed by atoms with Crippen molar-refractivity contribution in [2.24, 2.45) is 5.92 Å². The molecule has 0 aromatic rings. The third-order valence-electron chi connectivity index (χ3n) is 4.38. The van der Waals surface area contributed by atoms with Crippen molar-refractivity contribution in [3.05, 3.63) is 0 Å². The van der Waals surface area contributed by atoms with Gasteiger partial charge in [0, 0.05) is 12.1 Å². The van der Waals surface area contributed by atoms with E-state index < -0.39 is 11.5 Å². The molecular formula is C16H32N2O2. The third-order valence-corrected chi connectivity index (χ3v) is 4.38. The Balaban J connectivity index is 2.69. The number of hydrogen-bond acceptors (Lipinski definition) is 3. The van der Waals surface area contributed by atoms with Crippen LogP contribution in [-0.4, -0.2) is 47.2 Å². The number of rotatable bonds is 7. The minimum Gasteiger partial charge on any atom is -0.480 e. The molecule has 20 heavy (non-hydrogen) atoms. The Hall–Kier alpha value is -0.610. The number of aliphatic carboxylic acids is 1. The smallest absolute Gasteiger partial charge is 0.323 e.